The molecular formula is C22H22N2O5S2. The normalized spacial score (nSPS) is 10.7. The molecule has 31 heavy (non-hydrogen) atoms. The van der Waals surface area contributed by atoms with Gasteiger partial charge in [-0.3, -0.25) is 4.79 Å². The molecule has 0 saturated carbocycles. The highest BCUT2D eigenvalue weighted by atomic mass is 32.2. The van der Waals surface area contributed by atoms with Crippen LogP contribution in [-0.2, 0) is 15.2 Å². The van der Waals surface area contributed by atoms with Gasteiger partial charge in [0.2, 0.25) is 5.78 Å². The summed E-state index contributed by atoms with van der Waals surface area (Å²) in [7, 11) is 0. The molecule has 0 bridgehead atoms. The van der Waals surface area contributed by atoms with Crippen LogP contribution in [0.4, 0.5) is 0 Å². The van der Waals surface area contributed by atoms with Crippen molar-refractivity contribution in [1.82, 2.24) is 9.97 Å². The van der Waals surface area contributed by atoms with E-state index in [0.717, 1.165) is 10.6 Å². The molecule has 0 aliphatic carbocycles. The Morgan fingerprint density at radius 3 is 2.61 bits per heavy atom. The monoisotopic (exact) mass is 458 g/mol. The minimum Gasteiger partial charge on any atom is -0.462 e. The van der Waals surface area contributed by atoms with Crippen LogP contribution in [0.2, 0.25) is 0 Å². The van der Waals surface area contributed by atoms with Crippen LogP contribution in [-0.4, -0.2) is 40.9 Å². The Labute approximate surface area is 188 Å². The summed E-state index contributed by atoms with van der Waals surface area (Å²) in [6.07, 6.45) is 0. The number of thioether (sulfide) groups is 1. The molecule has 0 saturated heterocycles. The number of benzene rings is 1. The fourth-order valence-electron chi connectivity index (χ4n) is 3.04. The molecular weight excluding hydrogens is 436 g/mol. The molecule has 162 valence electrons. The number of hydrogen-bond donors (Lipinski definition) is 1. The van der Waals surface area contributed by atoms with Crippen molar-refractivity contribution in [2.75, 3.05) is 13.2 Å². The number of aryl methyl sites for hydroxylation is 1. The van der Waals surface area contributed by atoms with E-state index in [0.29, 0.717) is 28.1 Å². The van der Waals surface area contributed by atoms with E-state index in [1.165, 1.54) is 23.1 Å². The van der Waals surface area contributed by atoms with Gasteiger partial charge in [0, 0.05) is 21.7 Å². The largest absolute Gasteiger partial charge is 0.462 e. The summed E-state index contributed by atoms with van der Waals surface area (Å²) in [5.74, 6) is -0.862. The molecule has 0 amide bonds. The van der Waals surface area contributed by atoms with Gasteiger partial charge in [-0.15, -0.1) is 23.1 Å². The maximum Gasteiger partial charge on any atom is 0.340 e. The molecule has 3 rings (SSSR count). The zero-order chi connectivity index (χ0) is 22.4. The van der Waals surface area contributed by atoms with Crippen LogP contribution in [0, 0.1) is 13.8 Å². The first kappa shape index (κ1) is 22.8. The Kier molecular flexibility index (Phi) is 7.64. The molecule has 0 fully saturated rings. The molecule has 2 heterocycles. The van der Waals surface area contributed by atoms with Gasteiger partial charge in [0.1, 0.15) is 0 Å². The highest BCUT2D eigenvalue weighted by Gasteiger charge is 2.24. The first-order valence-electron chi connectivity index (χ1n) is 9.57. The lowest BCUT2D eigenvalue weighted by atomic mass is 10.1. The Morgan fingerprint density at radius 1 is 1.13 bits per heavy atom. The lowest BCUT2D eigenvalue weighted by Crippen LogP contribution is -2.16. The summed E-state index contributed by atoms with van der Waals surface area (Å²) in [5.41, 5.74) is 4.68. The number of hydrogen-bond acceptors (Lipinski definition) is 8. The molecule has 1 aromatic carbocycles. The average Bonchev–Trinajstić information content (AvgIpc) is 3.38. The number of carbonyl (C=O) groups excluding carboxylic acids is 3. The van der Waals surface area contributed by atoms with Crippen LogP contribution in [0.25, 0.3) is 0 Å². The van der Waals surface area contributed by atoms with Crippen molar-refractivity contribution in [1.29, 1.82) is 0 Å². The highest BCUT2D eigenvalue weighted by Crippen LogP contribution is 2.27. The van der Waals surface area contributed by atoms with Crippen LogP contribution >= 0.6 is 23.1 Å². The number of Topliss-reactive ketones (excluding diaryl/α,β-unsaturated/α-hetero) is 1. The topological polar surface area (TPSA) is 98.4 Å². The standard InChI is InChI=1S/C22H22N2O5S2/c1-4-28-22(27)19-13(2)20(24-14(19)3)17(25)9-29-21(26)16-7-5-6-8-18(16)31-11-15-10-30-12-23-15/h5-8,10,12,24H,4,9,11H2,1-3H3. The van der Waals surface area contributed by atoms with Gasteiger partial charge in [0.25, 0.3) is 0 Å². The predicted octanol–water partition coefficient (Wildman–Crippen LogP) is 4.60. The second-order valence-corrected chi connectivity index (χ2v) is 8.35. The number of ketones is 1. The minimum atomic E-state index is -0.582. The smallest absolute Gasteiger partial charge is 0.340 e. The third kappa shape index (κ3) is 5.42. The molecule has 2 aromatic heterocycles. The Bertz CT molecular complexity index is 1090. The number of carbonyl (C=O) groups is 3. The van der Waals surface area contributed by atoms with Gasteiger partial charge >= 0.3 is 11.9 Å². The van der Waals surface area contributed by atoms with E-state index in [9.17, 15) is 14.4 Å². The molecule has 1 N–H and O–H groups in total. The number of H-pyrrole nitrogens is 1. The van der Waals surface area contributed by atoms with Crippen molar-refractivity contribution in [3.05, 3.63) is 68.9 Å². The number of rotatable bonds is 9. The van der Waals surface area contributed by atoms with E-state index in [1.54, 1.807) is 38.4 Å². The van der Waals surface area contributed by atoms with Crippen molar-refractivity contribution in [2.24, 2.45) is 0 Å². The molecule has 3 aromatic rings. The number of nitrogens with zero attached hydrogens (tertiary/aromatic N) is 1. The molecule has 0 aliphatic heterocycles. The van der Waals surface area contributed by atoms with E-state index in [1.807, 2.05) is 17.5 Å². The van der Waals surface area contributed by atoms with E-state index in [-0.39, 0.29) is 12.3 Å². The van der Waals surface area contributed by atoms with E-state index < -0.39 is 24.3 Å². The predicted molar refractivity (Wildman–Crippen MR) is 119 cm³/mol. The molecule has 7 nitrogen and oxygen atoms in total. The summed E-state index contributed by atoms with van der Waals surface area (Å²) in [5, 5.41) is 1.96. The van der Waals surface area contributed by atoms with Gasteiger partial charge in [0.15, 0.2) is 6.61 Å². The Morgan fingerprint density at radius 2 is 1.90 bits per heavy atom. The SMILES string of the molecule is CCOC(=O)c1c(C)[nH]c(C(=O)COC(=O)c2ccccc2SCc2cscn2)c1C. The van der Waals surface area contributed by atoms with Crippen molar-refractivity contribution in [3.63, 3.8) is 0 Å². The Balaban J connectivity index is 1.67. The first-order valence-corrected chi connectivity index (χ1v) is 11.5. The molecule has 9 heteroatoms. The van der Waals surface area contributed by atoms with Crippen molar-refractivity contribution in [3.8, 4) is 0 Å². The van der Waals surface area contributed by atoms with Crippen LogP contribution in [0.1, 0.15) is 55.1 Å². The third-order valence-corrected chi connectivity index (χ3v) is 6.24. The van der Waals surface area contributed by atoms with E-state index in [4.69, 9.17) is 9.47 Å². The quantitative estimate of drug-likeness (QED) is 0.284. The van der Waals surface area contributed by atoms with E-state index >= 15 is 0 Å². The summed E-state index contributed by atoms with van der Waals surface area (Å²) in [6.45, 7) is 4.87. The Hall–Kier alpha value is -2.91. The van der Waals surface area contributed by atoms with Crippen LogP contribution in [0.3, 0.4) is 0 Å². The second-order valence-electron chi connectivity index (χ2n) is 6.61. The number of thiazole rings is 1. The first-order chi connectivity index (χ1) is 14.9. The van der Waals surface area contributed by atoms with Crippen LogP contribution < -0.4 is 0 Å². The fourth-order valence-corrected chi connectivity index (χ4v) is 4.65. The maximum absolute atomic E-state index is 12.6. The lowest BCUT2D eigenvalue weighted by molar-refractivity contribution is 0.0469. The molecule has 0 radical (unpaired) electrons. The highest BCUT2D eigenvalue weighted by molar-refractivity contribution is 7.98. The van der Waals surface area contributed by atoms with Gasteiger partial charge in [-0.25, -0.2) is 14.6 Å². The number of esters is 2. The van der Waals surface area contributed by atoms with Crippen molar-refractivity contribution in [2.45, 2.75) is 31.4 Å². The zero-order valence-corrected chi connectivity index (χ0v) is 19.0. The maximum atomic E-state index is 12.6. The van der Waals surface area contributed by atoms with Gasteiger partial charge in [-0.05, 0) is 38.5 Å². The third-order valence-electron chi connectivity index (χ3n) is 4.50. The lowest BCUT2D eigenvalue weighted by Gasteiger charge is -2.09. The average molecular weight is 459 g/mol. The van der Waals surface area contributed by atoms with Crippen LogP contribution in [0.15, 0.2) is 40.1 Å². The summed E-state index contributed by atoms with van der Waals surface area (Å²) in [6, 6.07) is 7.08. The van der Waals surface area contributed by atoms with Gasteiger partial charge in [-0.2, -0.15) is 0 Å². The summed E-state index contributed by atoms with van der Waals surface area (Å²) < 4.78 is 10.3. The molecule has 0 aliphatic rings. The number of aromatic nitrogens is 2. The second kappa shape index (κ2) is 10.4. The van der Waals surface area contributed by atoms with Crippen LogP contribution in [0.5, 0.6) is 0 Å². The summed E-state index contributed by atoms with van der Waals surface area (Å²) >= 11 is 3.00. The minimum absolute atomic E-state index is 0.236. The van der Waals surface area contributed by atoms with E-state index in [2.05, 4.69) is 9.97 Å². The number of aromatic amines is 1. The molecule has 0 unspecified atom stereocenters. The number of nitrogens with one attached hydrogen (secondary N) is 1. The zero-order valence-electron chi connectivity index (χ0n) is 17.4. The van der Waals surface area contributed by atoms with Crippen molar-refractivity contribution < 1.29 is 23.9 Å². The molecule has 0 atom stereocenters. The fraction of sp³-hybridized carbons (Fsp3) is 0.273. The number of ether oxygens (including phenoxy) is 2. The van der Waals surface area contributed by atoms with Gasteiger partial charge < -0.3 is 14.5 Å². The molecule has 0 spiro atoms. The summed E-state index contributed by atoms with van der Waals surface area (Å²) in [4.78, 5) is 45.3. The van der Waals surface area contributed by atoms with Gasteiger partial charge in [-0.1, -0.05) is 12.1 Å². The van der Waals surface area contributed by atoms with Crippen molar-refractivity contribution >= 4 is 40.8 Å². The van der Waals surface area contributed by atoms with Gasteiger partial charge in [0.05, 0.1) is 34.6 Å².